The molecule has 0 aliphatic carbocycles. The van der Waals surface area contributed by atoms with Crippen molar-refractivity contribution in [1.82, 2.24) is 10.3 Å². The number of rotatable bonds is 2. The van der Waals surface area contributed by atoms with Crippen molar-refractivity contribution in [2.75, 3.05) is 7.05 Å². The maximum Gasteiger partial charge on any atom is 0.0454 e. The molecule has 0 fully saturated rings. The quantitative estimate of drug-likeness (QED) is 0.758. The summed E-state index contributed by atoms with van der Waals surface area (Å²) in [6.45, 7) is 0.932. The first kappa shape index (κ1) is 10.1. The van der Waals surface area contributed by atoms with E-state index in [1.165, 1.54) is 16.5 Å². The monoisotopic (exact) mass is 196 g/mol. The van der Waals surface area contributed by atoms with E-state index in [0.717, 1.165) is 6.54 Å². The van der Waals surface area contributed by atoms with Crippen LogP contribution in [0.2, 0.25) is 0 Å². The minimum atomic E-state index is 0. The molecule has 0 saturated heterocycles. The normalized spacial score (nSPS) is 9.92. The summed E-state index contributed by atoms with van der Waals surface area (Å²) in [5.41, 5.74) is 2.53. The summed E-state index contributed by atoms with van der Waals surface area (Å²) in [5.74, 6) is 0. The van der Waals surface area contributed by atoms with Crippen LogP contribution in [-0.2, 0) is 6.54 Å². The summed E-state index contributed by atoms with van der Waals surface area (Å²) in [6, 6.07) is 8.54. The number of nitrogens with one attached hydrogen (secondary N) is 2. The van der Waals surface area contributed by atoms with Gasteiger partial charge < -0.3 is 10.3 Å². The SMILES string of the molecule is CNCc1ccc2[nH]ccc2c1.Cl. The summed E-state index contributed by atoms with van der Waals surface area (Å²) in [5, 5.41) is 4.41. The molecule has 70 valence electrons. The lowest BCUT2D eigenvalue weighted by molar-refractivity contribution is 0.819. The van der Waals surface area contributed by atoms with Crippen molar-refractivity contribution in [2.45, 2.75) is 6.54 Å². The van der Waals surface area contributed by atoms with Gasteiger partial charge in [0.15, 0.2) is 0 Å². The molecule has 0 atom stereocenters. The van der Waals surface area contributed by atoms with Gasteiger partial charge >= 0.3 is 0 Å². The smallest absolute Gasteiger partial charge is 0.0454 e. The highest BCUT2D eigenvalue weighted by Crippen LogP contribution is 2.13. The number of benzene rings is 1. The Morgan fingerprint density at radius 1 is 1.31 bits per heavy atom. The van der Waals surface area contributed by atoms with Gasteiger partial charge in [-0.05, 0) is 36.2 Å². The molecule has 0 aliphatic heterocycles. The fourth-order valence-corrected chi connectivity index (χ4v) is 1.42. The summed E-state index contributed by atoms with van der Waals surface area (Å²) in [4.78, 5) is 3.17. The molecular weight excluding hydrogens is 184 g/mol. The number of hydrogen-bond donors (Lipinski definition) is 2. The van der Waals surface area contributed by atoms with E-state index in [2.05, 4.69) is 34.6 Å². The van der Waals surface area contributed by atoms with Crippen LogP contribution in [0.25, 0.3) is 10.9 Å². The van der Waals surface area contributed by atoms with Gasteiger partial charge in [-0.1, -0.05) is 6.07 Å². The standard InChI is InChI=1S/C10H12N2.ClH/c1-11-7-8-2-3-10-9(6-8)4-5-12-10;/h2-6,11-12H,7H2,1H3;1H. The van der Waals surface area contributed by atoms with Crippen LogP contribution in [0.4, 0.5) is 0 Å². The second-order valence-corrected chi connectivity index (χ2v) is 2.93. The van der Waals surface area contributed by atoms with Crippen LogP contribution in [0.3, 0.4) is 0 Å². The Hall–Kier alpha value is -0.990. The van der Waals surface area contributed by atoms with Gasteiger partial charge in [0.05, 0.1) is 0 Å². The molecule has 0 spiro atoms. The average molecular weight is 197 g/mol. The van der Waals surface area contributed by atoms with Crippen molar-refractivity contribution < 1.29 is 0 Å². The van der Waals surface area contributed by atoms with E-state index in [1.807, 2.05) is 13.2 Å². The first-order valence-electron chi connectivity index (χ1n) is 4.11. The van der Waals surface area contributed by atoms with Gasteiger partial charge in [-0.15, -0.1) is 12.4 Å². The zero-order valence-electron chi connectivity index (χ0n) is 7.50. The second kappa shape index (κ2) is 4.30. The fraction of sp³-hybridized carbons (Fsp3) is 0.200. The van der Waals surface area contributed by atoms with Gasteiger partial charge in [0.1, 0.15) is 0 Å². The molecule has 0 radical (unpaired) electrons. The molecule has 13 heavy (non-hydrogen) atoms. The predicted molar refractivity (Wildman–Crippen MR) is 58.3 cm³/mol. The first-order valence-corrected chi connectivity index (χ1v) is 4.11. The Labute approximate surface area is 83.8 Å². The highest BCUT2D eigenvalue weighted by Gasteiger charge is 1.94. The summed E-state index contributed by atoms with van der Waals surface area (Å²) in [7, 11) is 1.96. The molecule has 0 saturated carbocycles. The second-order valence-electron chi connectivity index (χ2n) is 2.93. The fourth-order valence-electron chi connectivity index (χ4n) is 1.42. The van der Waals surface area contributed by atoms with Gasteiger partial charge in [-0.25, -0.2) is 0 Å². The number of fused-ring (bicyclic) bond motifs is 1. The van der Waals surface area contributed by atoms with Crippen molar-refractivity contribution >= 4 is 23.3 Å². The van der Waals surface area contributed by atoms with E-state index in [-0.39, 0.29) is 12.4 Å². The van der Waals surface area contributed by atoms with E-state index in [4.69, 9.17) is 0 Å². The number of aromatic nitrogens is 1. The van der Waals surface area contributed by atoms with Crippen molar-refractivity contribution in [3.8, 4) is 0 Å². The van der Waals surface area contributed by atoms with Crippen LogP contribution in [-0.4, -0.2) is 12.0 Å². The molecule has 3 heteroatoms. The Kier molecular flexibility index (Phi) is 3.34. The Bertz CT molecular complexity index is 381. The molecule has 0 amide bonds. The van der Waals surface area contributed by atoms with Crippen LogP contribution in [0.5, 0.6) is 0 Å². The number of aromatic amines is 1. The first-order chi connectivity index (χ1) is 5.90. The lowest BCUT2D eigenvalue weighted by atomic mass is 10.1. The number of halogens is 1. The van der Waals surface area contributed by atoms with Crippen LogP contribution >= 0.6 is 12.4 Å². The molecule has 2 nitrogen and oxygen atoms in total. The summed E-state index contributed by atoms with van der Waals surface area (Å²) >= 11 is 0. The van der Waals surface area contributed by atoms with Crippen LogP contribution in [0.1, 0.15) is 5.56 Å². The van der Waals surface area contributed by atoms with Gasteiger partial charge in [-0.2, -0.15) is 0 Å². The summed E-state index contributed by atoms with van der Waals surface area (Å²) in [6.07, 6.45) is 1.97. The lowest BCUT2D eigenvalue weighted by Crippen LogP contribution is -2.04. The molecular formula is C10H13ClN2. The highest BCUT2D eigenvalue weighted by atomic mass is 35.5. The molecule has 1 heterocycles. The van der Waals surface area contributed by atoms with Crippen molar-refractivity contribution in [3.63, 3.8) is 0 Å². The van der Waals surface area contributed by atoms with Gasteiger partial charge in [0.25, 0.3) is 0 Å². The maximum atomic E-state index is 3.17. The number of H-pyrrole nitrogens is 1. The van der Waals surface area contributed by atoms with E-state index in [1.54, 1.807) is 0 Å². The molecule has 0 aliphatic rings. The van der Waals surface area contributed by atoms with Crippen molar-refractivity contribution in [1.29, 1.82) is 0 Å². The predicted octanol–water partition coefficient (Wildman–Crippen LogP) is 2.31. The van der Waals surface area contributed by atoms with E-state index >= 15 is 0 Å². The molecule has 2 rings (SSSR count). The highest BCUT2D eigenvalue weighted by molar-refractivity contribution is 5.85. The molecule has 0 bridgehead atoms. The van der Waals surface area contributed by atoms with E-state index in [9.17, 15) is 0 Å². The third-order valence-electron chi connectivity index (χ3n) is 2.00. The molecule has 1 aromatic carbocycles. The third kappa shape index (κ3) is 2.02. The maximum absolute atomic E-state index is 3.17. The van der Waals surface area contributed by atoms with Crippen molar-refractivity contribution in [3.05, 3.63) is 36.0 Å². The number of hydrogen-bond acceptors (Lipinski definition) is 1. The average Bonchev–Trinajstić information content (AvgIpc) is 2.51. The van der Waals surface area contributed by atoms with Gasteiger partial charge in [0.2, 0.25) is 0 Å². The van der Waals surface area contributed by atoms with E-state index < -0.39 is 0 Å². The minimum absolute atomic E-state index is 0. The molecule has 1 aromatic heterocycles. The van der Waals surface area contributed by atoms with Gasteiger partial charge in [-0.3, -0.25) is 0 Å². The Morgan fingerprint density at radius 3 is 2.92 bits per heavy atom. The largest absolute Gasteiger partial charge is 0.361 e. The Balaban J connectivity index is 0.000000845. The van der Waals surface area contributed by atoms with E-state index in [0.29, 0.717) is 0 Å². The van der Waals surface area contributed by atoms with Crippen LogP contribution < -0.4 is 5.32 Å². The third-order valence-corrected chi connectivity index (χ3v) is 2.00. The molecule has 2 N–H and O–H groups in total. The zero-order chi connectivity index (χ0) is 8.39. The van der Waals surface area contributed by atoms with Gasteiger partial charge in [0, 0.05) is 18.3 Å². The molecule has 0 unspecified atom stereocenters. The zero-order valence-corrected chi connectivity index (χ0v) is 8.32. The lowest BCUT2D eigenvalue weighted by Gasteiger charge is -1.98. The van der Waals surface area contributed by atoms with Crippen LogP contribution in [0, 0.1) is 0 Å². The van der Waals surface area contributed by atoms with Crippen molar-refractivity contribution in [2.24, 2.45) is 0 Å². The summed E-state index contributed by atoms with van der Waals surface area (Å²) < 4.78 is 0. The van der Waals surface area contributed by atoms with Crippen LogP contribution in [0.15, 0.2) is 30.5 Å². The minimum Gasteiger partial charge on any atom is -0.361 e. The Morgan fingerprint density at radius 2 is 2.15 bits per heavy atom. The molecule has 2 aromatic rings. The topological polar surface area (TPSA) is 27.8 Å².